The predicted octanol–water partition coefficient (Wildman–Crippen LogP) is 4.11. The molecule has 1 aliphatic heterocycles. The summed E-state index contributed by atoms with van der Waals surface area (Å²) in [7, 11) is 3.91. The van der Waals surface area contributed by atoms with E-state index >= 15 is 0 Å². The molecule has 2 aromatic carbocycles. The topological polar surface area (TPSA) is 70.1 Å². The normalized spacial score (nSPS) is 18.1. The summed E-state index contributed by atoms with van der Waals surface area (Å²) in [5.41, 5.74) is 1.26. The molecule has 6 nitrogen and oxygen atoms in total. The number of Topliss-reactive ketones (excluding diaryl/α,β-unsaturated/α-hetero) is 1. The highest BCUT2D eigenvalue weighted by molar-refractivity contribution is 6.46. The quantitative estimate of drug-likeness (QED) is 0.378. The van der Waals surface area contributed by atoms with E-state index in [0.29, 0.717) is 35.9 Å². The van der Waals surface area contributed by atoms with Crippen LogP contribution in [-0.4, -0.2) is 60.4 Å². The molecule has 0 aromatic heterocycles. The lowest BCUT2D eigenvalue weighted by atomic mass is 9.95. The Kier molecular flexibility index (Phi) is 7.36. The zero-order valence-electron chi connectivity index (χ0n) is 18.0. The van der Waals surface area contributed by atoms with Crippen molar-refractivity contribution in [3.05, 3.63) is 70.3 Å². The molecule has 0 aliphatic carbocycles. The van der Waals surface area contributed by atoms with Gasteiger partial charge in [0.25, 0.3) is 11.7 Å². The molecule has 7 heteroatoms. The average Bonchev–Trinajstić information content (AvgIpc) is 2.99. The van der Waals surface area contributed by atoms with Crippen LogP contribution in [0.1, 0.15) is 30.5 Å². The summed E-state index contributed by atoms with van der Waals surface area (Å²) in [6.07, 6.45) is 0.703. The first kappa shape index (κ1) is 22.8. The number of likely N-dealkylation sites (tertiary alicyclic amines) is 1. The van der Waals surface area contributed by atoms with Gasteiger partial charge in [-0.15, -0.1) is 0 Å². The molecule has 1 heterocycles. The maximum Gasteiger partial charge on any atom is 0.295 e. The molecular formula is C24H27ClN2O4. The van der Waals surface area contributed by atoms with Gasteiger partial charge in [-0.1, -0.05) is 23.7 Å². The Morgan fingerprint density at radius 1 is 1.10 bits per heavy atom. The molecule has 0 bridgehead atoms. The zero-order chi connectivity index (χ0) is 22.5. The fraction of sp³-hybridized carbons (Fsp3) is 0.333. The van der Waals surface area contributed by atoms with Crippen LogP contribution in [0.5, 0.6) is 5.75 Å². The van der Waals surface area contributed by atoms with Crippen LogP contribution in [0.3, 0.4) is 0 Å². The van der Waals surface area contributed by atoms with Gasteiger partial charge in [-0.05, 0) is 75.9 Å². The van der Waals surface area contributed by atoms with E-state index in [1.165, 1.54) is 0 Å². The smallest absolute Gasteiger partial charge is 0.295 e. The number of rotatable bonds is 8. The third kappa shape index (κ3) is 5.09. The van der Waals surface area contributed by atoms with Gasteiger partial charge in [0, 0.05) is 17.1 Å². The van der Waals surface area contributed by atoms with E-state index in [4.69, 9.17) is 16.3 Å². The number of ether oxygens (including phenoxy) is 1. The number of hydrogen-bond donors (Lipinski definition) is 1. The van der Waals surface area contributed by atoms with Crippen molar-refractivity contribution in [1.82, 2.24) is 9.80 Å². The van der Waals surface area contributed by atoms with Crippen LogP contribution in [0.4, 0.5) is 0 Å². The summed E-state index contributed by atoms with van der Waals surface area (Å²) in [6, 6.07) is 13.1. The minimum Gasteiger partial charge on any atom is -0.507 e. The highest BCUT2D eigenvalue weighted by Crippen LogP contribution is 2.40. The van der Waals surface area contributed by atoms with Crippen molar-refractivity contribution in [2.75, 3.05) is 33.8 Å². The maximum atomic E-state index is 13.0. The van der Waals surface area contributed by atoms with Gasteiger partial charge in [-0.25, -0.2) is 0 Å². The molecule has 1 N–H and O–H groups in total. The van der Waals surface area contributed by atoms with Gasteiger partial charge >= 0.3 is 0 Å². The molecule has 1 saturated heterocycles. The van der Waals surface area contributed by atoms with Crippen molar-refractivity contribution in [1.29, 1.82) is 0 Å². The number of amides is 1. The number of hydrogen-bond acceptors (Lipinski definition) is 5. The Morgan fingerprint density at radius 3 is 2.32 bits per heavy atom. The molecule has 3 rings (SSSR count). The highest BCUT2D eigenvalue weighted by atomic mass is 35.5. The van der Waals surface area contributed by atoms with Crippen molar-refractivity contribution in [2.24, 2.45) is 0 Å². The fourth-order valence-corrected chi connectivity index (χ4v) is 3.82. The minimum absolute atomic E-state index is 0.0846. The number of nitrogens with zero attached hydrogens (tertiary/aromatic N) is 2. The van der Waals surface area contributed by atoms with Crippen LogP contribution in [0.15, 0.2) is 54.1 Å². The second kappa shape index (κ2) is 9.98. The first-order chi connectivity index (χ1) is 14.8. The van der Waals surface area contributed by atoms with Crippen LogP contribution in [0, 0.1) is 0 Å². The number of carbonyl (C=O) groups is 2. The van der Waals surface area contributed by atoms with Crippen molar-refractivity contribution >= 4 is 29.1 Å². The molecule has 31 heavy (non-hydrogen) atoms. The molecule has 1 fully saturated rings. The van der Waals surface area contributed by atoms with Crippen LogP contribution in [0.2, 0.25) is 5.02 Å². The molecule has 1 unspecified atom stereocenters. The highest BCUT2D eigenvalue weighted by Gasteiger charge is 2.45. The summed E-state index contributed by atoms with van der Waals surface area (Å²) < 4.78 is 5.51. The van der Waals surface area contributed by atoms with Crippen molar-refractivity contribution < 1.29 is 19.4 Å². The van der Waals surface area contributed by atoms with Crippen molar-refractivity contribution in [2.45, 2.75) is 19.4 Å². The molecule has 164 valence electrons. The maximum absolute atomic E-state index is 13.0. The number of aliphatic hydroxyl groups is 1. The number of halogens is 1. The van der Waals surface area contributed by atoms with Gasteiger partial charge in [0.2, 0.25) is 0 Å². The SMILES string of the molecule is CCOc1ccc(C2/C(=C(\O)c3ccc(Cl)cc3)C(=O)C(=O)N2CCCN(C)C)cc1. The molecular weight excluding hydrogens is 416 g/mol. The predicted molar refractivity (Wildman–Crippen MR) is 121 cm³/mol. The van der Waals surface area contributed by atoms with E-state index in [0.717, 1.165) is 12.1 Å². The molecule has 0 saturated carbocycles. The lowest BCUT2D eigenvalue weighted by Crippen LogP contribution is -2.32. The Morgan fingerprint density at radius 2 is 1.74 bits per heavy atom. The number of carbonyl (C=O) groups excluding carboxylic acids is 2. The Hall–Kier alpha value is -2.83. The summed E-state index contributed by atoms with van der Waals surface area (Å²) in [4.78, 5) is 29.5. The molecule has 0 radical (unpaired) electrons. The summed E-state index contributed by atoms with van der Waals surface area (Å²) >= 11 is 5.96. The Bertz CT molecular complexity index is 968. The van der Waals surface area contributed by atoms with Crippen molar-refractivity contribution in [3.63, 3.8) is 0 Å². The lowest BCUT2D eigenvalue weighted by molar-refractivity contribution is -0.139. The Labute approximate surface area is 187 Å². The Balaban J connectivity index is 2.05. The summed E-state index contributed by atoms with van der Waals surface area (Å²) in [5, 5.41) is 11.5. The number of benzene rings is 2. The van der Waals surface area contributed by atoms with Gasteiger partial charge in [0.05, 0.1) is 18.2 Å². The number of aliphatic hydroxyl groups excluding tert-OH is 1. The van der Waals surface area contributed by atoms with Crippen LogP contribution >= 0.6 is 11.6 Å². The van der Waals surface area contributed by atoms with Crippen LogP contribution < -0.4 is 4.74 Å². The second-order valence-corrected chi connectivity index (χ2v) is 8.09. The molecule has 1 amide bonds. The van der Waals surface area contributed by atoms with Gasteiger partial charge in [-0.2, -0.15) is 0 Å². The van der Waals surface area contributed by atoms with E-state index in [-0.39, 0.29) is 11.3 Å². The second-order valence-electron chi connectivity index (χ2n) is 7.66. The van der Waals surface area contributed by atoms with Crippen molar-refractivity contribution in [3.8, 4) is 5.75 Å². The fourth-order valence-electron chi connectivity index (χ4n) is 3.69. The van der Waals surface area contributed by atoms with E-state index in [1.54, 1.807) is 41.3 Å². The molecule has 2 aromatic rings. The molecule has 0 spiro atoms. The van der Waals surface area contributed by atoms with Gasteiger partial charge in [0.1, 0.15) is 11.5 Å². The summed E-state index contributed by atoms with van der Waals surface area (Å²) in [5.74, 6) is -0.790. The first-order valence-electron chi connectivity index (χ1n) is 10.2. The molecule has 1 aliphatic rings. The third-order valence-electron chi connectivity index (χ3n) is 5.17. The monoisotopic (exact) mass is 442 g/mol. The van der Waals surface area contributed by atoms with Gasteiger partial charge < -0.3 is 19.6 Å². The van der Waals surface area contributed by atoms with Crippen LogP contribution in [0.25, 0.3) is 5.76 Å². The summed E-state index contributed by atoms with van der Waals surface area (Å²) in [6.45, 7) is 3.62. The van der Waals surface area contributed by atoms with Gasteiger partial charge in [-0.3, -0.25) is 9.59 Å². The molecule has 1 atom stereocenters. The zero-order valence-corrected chi connectivity index (χ0v) is 18.7. The largest absolute Gasteiger partial charge is 0.507 e. The minimum atomic E-state index is -0.684. The first-order valence-corrected chi connectivity index (χ1v) is 10.6. The average molecular weight is 443 g/mol. The van der Waals surface area contributed by atoms with E-state index in [9.17, 15) is 14.7 Å². The van der Waals surface area contributed by atoms with E-state index < -0.39 is 17.7 Å². The van der Waals surface area contributed by atoms with E-state index in [2.05, 4.69) is 0 Å². The lowest BCUT2D eigenvalue weighted by Gasteiger charge is -2.26. The third-order valence-corrected chi connectivity index (χ3v) is 5.42. The standard InChI is InChI=1S/C24H27ClN2O4/c1-4-31-19-12-8-16(9-13-19)21-20(22(28)17-6-10-18(25)11-7-17)23(29)24(30)27(21)15-5-14-26(2)3/h6-13,21,28H,4-5,14-15H2,1-3H3/b22-20+. The van der Waals surface area contributed by atoms with Crippen LogP contribution in [-0.2, 0) is 9.59 Å². The van der Waals surface area contributed by atoms with E-state index in [1.807, 2.05) is 38.1 Å². The van der Waals surface area contributed by atoms with Gasteiger partial charge in [0.15, 0.2) is 0 Å². The number of ketones is 1.